The number of nitrogens with zero attached hydrogens (tertiary/aromatic N) is 1. The summed E-state index contributed by atoms with van der Waals surface area (Å²) in [6.45, 7) is 0. The summed E-state index contributed by atoms with van der Waals surface area (Å²) < 4.78 is -0.227. The highest BCUT2D eigenvalue weighted by Gasteiger charge is 1.94. The normalized spacial score (nSPS) is 9.45. The Balaban J connectivity index is 3.39. The summed E-state index contributed by atoms with van der Waals surface area (Å²) in [6, 6.07) is 3.16. The molecule has 0 radical (unpaired) electrons. The van der Waals surface area contributed by atoms with E-state index in [1.807, 2.05) is 0 Å². The van der Waals surface area contributed by atoms with Crippen molar-refractivity contribution in [1.82, 2.24) is 4.73 Å². The molecule has 0 bridgehead atoms. The number of aromatic carboxylic acids is 1. The number of hydrogen-bond donors (Lipinski definition) is 0. The summed E-state index contributed by atoms with van der Waals surface area (Å²) in [5, 5.41) is 20.7. The summed E-state index contributed by atoms with van der Waals surface area (Å²) >= 11 is 0. The minimum Gasteiger partial charge on any atom is -0.803 e. The molecule has 0 unspecified atom stereocenters. The van der Waals surface area contributed by atoms with E-state index in [1.54, 1.807) is 0 Å². The van der Waals surface area contributed by atoms with E-state index in [-0.39, 0.29) is 4.73 Å². The van der Waals surface area contributed by atoms with Gasteiger partial charge in [0, 0.05) is 6.07 Å². The van der Waals surface area contributed by atoms with Crippen molar-refractivity contribution in [3.63, 3.8) is 0 Å². The van der Waals surface area contributed by atoms with E-state index in [1.165, 1.54) is 6.07 Å². The van der Waals surface area contributed by atoms with Gasteiger partial charge in [-0.25, -0.2) is 0 Å². The fourth-order valence-electron chi connectivity index (χ4n) is 0.627. The smallest absolute Gasteiger partial charge is 0.246 e. The van der Waals surface area contributed by atoms with Gasteiger partial charge < -0.3 is 19.8 Å². The standard InChI is InChI=1S/C6H4NO4/c8-5-3-1-2-4(6(9)10)7(5)11/h1-3H,(H,9,10)/q-1/p-1. The first-order valence-corrected chi connectivity index (χ1v) is 2.74. The maximum atomic E-state index is 10.6. The number of carbonyl (C=O) groups excluding carboxylic acids is 1. The molecule has 0 aliphatic rings. The number of carboxylic acid groups (broad SMARTS) is 1. The average Bonchev–Trinajstić information content (AvgIpc) is 1.94. The molecule has 0 amide bonds. The van der Waals surface area contributed by atoms with Crippen molar-refractivity contribution in [3.8, 4) is 0 Å². The van der Waals surface area contributed by atoms with Gasteiger partial charge in [0.1, 0.15) is 0 Å². The van der Waals surface area contributed by atoms with Crippen LogP contribution in [0.15, 0.2) is 23.0 Å². The Morgan fingerprint density at radius 2 is 2.09 bits per heavy atom. The fourth-order valence-corrected chi connectivity index (χ4v) is 0.627. The van der Waals surface area contributed by atoms with Gasteiger partial charge in [-0.2, -0.15) is 0 Å². The van der Waals surface area contributed by atoms with Gasteiger partial charge in [0.05, 0.1) is 11.7 Å². The molecule has 1 aromatic rings. The molecule has 0 spiro atoms. The highest BCUT2D eigenvalue weighted by molar-refractivity contribution is 5.83. The Morgan fingerprint density at radius 3 is 2.55 bits per heavy atom. The van der Waals surface area contributed by atoms with Gasteiger partial charge in [-0.1, -0.05) is 6.07 Å². The summed E-state index contributed by atoms with van der Waals surface area (Å²) in [4.78, 5) is 20.6. The molecule has 1 aromatic heterocycles. The maximum Gasteiger partial charge on any atom is 0.246 e. The lowest BCUT2D eigenvalue weighted by atomic mass is 10.3. The second-order valence-corrected chi connectivity index (χ2v) is 1.83. The first-order valence-electron chi connectivity index (χ1n) is 2.74. The second kappa shape index (κ2) is 2.45. The summed E-state index contributed by atoms with van der Waals surface area (Å²) in [5.74, 6) is -1.65. The molecular weight excluding hydrogens is 150 g/mol. The molecule has 0 saturated carbocycles. The van der Waals surface area contributed by atoms with Crippen molar-refractivity contribution < 1.29 is 9.90 Å². The van der Waals surface area contributed by atoms with Crippen LogP contribution in [0.5, 0.6) is 0 Å². The number of rotatable bonds is 1. The third-order valence-electron chi connectivity index (χ3n) is 1.12. The molecule has 5 nitrogen and oxygen atoms in total. The zero-order valence-electron chi connectivity index (χ0n) is 5.31. The third kappa shape index (κ3) is 1.21. The SMILES string of the molecule is O=C([O-])c1cccc(=O)n1[O-]. The molecule has 0 saturated heterocycles. The lowest BCUT2D eigenvalue weighted by Crippen LogP contribution is -2.30. The topological polar surface area (TPSA) is 85.2 Å². The molecule has 11 heavy (non-hydrogen) atoms. The van der Waals surface area contributed by atoms with Crippen LogP contribution in [0.2, 0.25) is 0 Å². The highest BCUT2D eigenvalue weighted by atomic mass is 16.5. The number of carbonyl (C=O) groups is 1. The van der Waals surface area contributed by atoms with E-state index in [2.05, 4.69) is 0 Å². The number of aromatic nitrogens is 1. The molecular formula is C6H3NO4-2. The Hall–Kier alpha value is -1.78. The van der Waals surface area contributed by atoms with E-state index >= 15 is 0 Å². The van der Waals surface area contributed by atoms with Gasteiger partial charge in [-0.05, 0) is 6.07 Å². The first kappa shape index (κ1) is 7.33. The quantitative estimate of drug-likeness (QED) is 0.494. The van der Waals surface area contributed by atoms with E-state index in [0.29, 0.717) is 0 Å². The van der Waals surface area contributed by atoms with Gasteiger partial charge >= 0.3 is 0 Å². The Morgan fingerprint density at radius 1 is 1.45 bits per heavy atom. The molecule has 58 valence electrons. The van der Waals surface area contributed by atoms with Gasteiger partial charge in [0.2, 0.25) is 5.56 Å². The van der Waals surface area contributed by atoms with Crippen LogP contribution in [0, 0.1) is 5.21 Å². The van der Waals surface area contributed by atoms with Crippen LogP contribution in [0.25, 0.3) is 0 Å². The van der Waals surface area contributed by atoms with Gasteiger partial charge in [-0.3, -0.25) is 4.79 Å². The Kier molecular flexibility index (Phi) is 1.63. The fraction of sp³-hybridized carbons (Fsp3) is 0. The molecule has 1 rings (SSSR count). The molecule has 0 fully saturated rings. The largest absolute Gasteiger partial charge is 0.803 e. The molecule has 1 heterocycles. The molecule has 0 N–H and O–H groups in total. The number of pyridine rings is 1. The number of hydrogen-bond acceptors (Lipinski definition) is 4. The summed E-state index contributed by atoms with van der Waals surface area (Å²) in [7, 11) is 0. The van der Waals surface area contributed by atoms with Crippen LogP contribution >= 0.6 is 0 Å². The van der Waals surface area contributed by atoms with Crippen molar-refractivity contribution >= 4 is 5.97 Å². The van der Waals surface area contributed by atoms with E-state index < -0.39 is 17.2 Å². The van der Waals surface area contributed by atoms with Crippen LogP contribution in [-0.2, 0) is 0 Å². The van der Waals surface area contributed by atoms with E-state index in [9.17, 15) is 19.9 Å². The van der Waals surface area contributed by atoms with Crippen molar-refractivity contribution in [2.24, 2.45) is 0 Å². The molecule has 0 aliphatic carbocycles. The highest BCUT2D eigenvalue weighted by Crippen LogP contribution is 1.90. The zero-order chi connectivity index (χ0) is 8.43. The molecule has 0 aromatic carbocycles. The van der Waals surface area contributed by atoms with Crippen molar-refractivity contribution in [1.29, 1.82) is 0 Å². The van der Waals surface area contributed by atoms with E-state index in [0.717, 1.165) is 12.1 Å². The number of carboxylic acids is 1. The average molecular weight is 153 g/mol. The van der Waals surface area contributed by atoms with Crippen LogP contribution in [-0.4, -0.2) is 10.7 Å². The van der Waals surface area contributed by atoms with Crippen LogP contribution in [0.4, 0.5) is 0 Å². The second-order valence-electron chi connectivity index (χ2n) is 1.83. The molecule has 0 atom stereocenters. The minimum absolute atomic E-state index is 0.227. The Labute approximate surface area is 61.1 Å². The third-order valence-corrected chi connectivity index (χ3v) is 1.12. The minimum atomic E-state index is -1.65. The zero-order valence-corrected chi connectivity index (χ0v) is 5.31. The van der Waals surface area contributed by atoms with E-state index in [4.69, 9.17) is 0 Å². The summed E-state index contributed by atoms with van der Waals surface area (Å²) in [6.07, 6.45) is 0. The Bertz CT molecular complexity index is 341. The van der Waals surface area contributed by atoms with Crippen LogP contribution < -0.4 is 10.7 Å². The predicted octanol–water partition coefficient (Wildman–Crippen LogP) is -1.44. The first-order chi connectivity index (χ1) is 5.13. The lowest BCUT2D eigenvalue weighted by Gasteiger charge is -2.15. The van der Waals surface area contributed by atoms with Crippen molar-refractivity contribution in [2.45, 2.75) is 0 Å². The van der Waals surface area contributed by atoms with Crippen LogP contribution in [0.3, 0.4) is 0 Å². The molecule has 0 aliphatic heterocycles. The van der Waals surface area contributed by atoms with Gasteiger partial charge in [-0.15, -0.1) is 0 Å². The van der Waals surface area contributed by atoms with Crippen molar-refractivity contribution in [2.75, 3.05) is 0 Å². The lowest BCUT2D eigenvalue weighted by molar-refractivity contribution is -0.255. The van der Waals surface area contributed by atoms with Crippen LogP contribution in [0.1, 0.15) is 10.5 Å². The van der Waals surface area contributed by atoms with Crippen molar-refractivity contribution in [3.05, 3.63) is 39.5 Å². The maximum absolute atomic E-state index is 10.6. The molecule has 5 heteroatoms. The summed E-state index contributed by atoms with van der Waals surface area (Å²) in [5.41, 5.74) is -1.58. The predicted molar refractivity (Wildman–Crippen MR) is 33.8 cm³/mol. The monoisotopic (exact) mass is 153 g/mol. The van der Waals surface area contributed by atoms with Gasteiger partial charge in [0.15, 0.2) is 0 Å². The van der Waals surface area contributed by atoms with Gasteiger partial charge in [0.25, 0.3) is 0 Å².